The third-order valence-corrected chi connectivity index (χ3v) is 6.31. The maximum Gasteiger partial charge on any atom is 0.0838 e. The van der Waals surface area contributed by atoms with Gasteiger partial charge in [-0.3, -0.25) is 0 Å². The predicted octanol–water partition coefficient (Wildman–Crippen LogP) is 4.15. The molecule has 0 unspecified atom stereocenters. The molecule has 76 valence electrons. The minimum absolute atomic E-state index is 0.881. The average Bonchev–Trinajstić information content (AvgIpc) is 2.55. The van der Waals surface area contributed by atoms with E-state index in [1.807, 2.05) is 0 Å². The molecule has 15 heavy (non-hydrogen) atoms. The molecule has 0 aromatic heterocycles. The van der Waals surface area contributed by atoms with E-state index in [4.69, 9.17) is 0 Å². The predicted molar refractivity (Wildman–Crippen MR) is 69.6 cm³/mol. The molecule has 1 aromatic rings. The Morgan fingerprint density at radius 1 is 1.07 bits per heavy atom. The molecule has 1 aliphatic heterocycles. The first kappa shape index (κ1) is 9.36. The van der Waals surface area contributed by atoms with Crippen molar-refractivity contribution in [3.63, 3.8) is 0 Å². The fourth-order valence-electron chi connectivity index (χ4n) is 2.68. The largest absolute Gasteiger partial charge is 0.0838 e. The van der Waals surface area contributed by atoms with E-state index < -0.39 is 7.26 Å². The highest BCUT2D eigenvalue weighted by Crippen LogP contribution is 2.68. The Kier molecular flexibility index (Phi) is 1.91. The Morgan fingerprint density at radius 3 is 2.73 bits per heavy atom. The van der Waals surface area contributed by atoms with Gasteiger partial charge in [0, 0.05) is 12.0 Å². The summed E-state index contributed by atoms with van der Waals surface area (Å²) in [6.07, 6.45) is 4.88. The zero-order valence-electron chi connectivity index (χ0n) is 9.33. The number of benzene rings is 1. The van der Waals surface area contributed by atoms with Crippen molar-refractivity contribution in [3.05, 3.63) is 52.6 Å². The minimum atomic E-state index is -0.881. The van der Waals surface area contributed by atoms with E-state index in [1.54, 1.807) is 5.31 Å². The second-order valence-electron chi connectivity index (χ2n) is 4.87. The molecule has 1 aliphatic carbocycles. The summed E-state index contributed by atoms with van der Waals surface area (Å²) < 4.78 is 0. The lowest BCUT2D eigenvalue weighted by molar-refractivity contribution is 0.964. The quantitative estimate of drug-likeness (QED) is 0.570. The van der Waals surface area contributed by atoms with Crippen LogP contribution in [0.15, 0.2) is 41.5 Å². The number of hydrogen-bond donors (Lipinski definition) is 0. The van der Waals surface area contributed by atoms with Crippen LogP contribution >= 0.6 is 7.26 Å². The van der Waals surface area contributed by atoms with Gasteiger partial charge in [-0.15, -0.1) is 0 Å². The molecule has 0 fully saturated rings. The highest BCUT2D eigenvalue weighted by molar-refractivity contribution is 7.81. The van der Waals surface area contributed by atoms with Crippen LogP contribution < -0.4 is 0 Å². The maximum atomic E-state index is 2.46. The van der Waals surface area contributed by atoms with Gasteiger partial charge in [-0.1, -0.05) is 24.3 Å². The van der Waals surface area contributed by atoms with E-state index in [0.717, 1.165) is 0 Å². The lowest BCUT2D eigenvalue weighted by Gasteiger charge is -2.20. The second-order valence-corrected chi connectivity index (χ2v) is 8.79. The van der Waals surface area contributed by atoms with Crippen molar-refractivity contribution in [1.82, 2.24) is 0 Å². The topological polar surface area (TPSA) is 0 Å². The molecule has 1 aromatic carbocycles. The number of fused-ring (bicyclic) bond motifs is 2. The number of hydrogen-bond acceptors (Lipinski definition) is 0. The Balaban J connectivity index is 2.22. The average molecular weight is 215 g/mol. The Bertz CT molecular complexity index is 478. The highest BCUT2D eigenvalue weighted by atomic mass is 31.2. The van der Waals surface area contributed by atoms with Crippen LogP contribution in [0.2, 0.25) is 0 Å². The lowest BCUT2D eigenvalue weighted by Crippen LogP contribution is -2.02. The second kappa shape index (κ2) is 3.06. The summed E-state index contributed by atoms with van der Waals surface area (Å²) in [6, 6.07) is 8.87. The first-order valence-electron chi connectivity index (χ1n) is 5.53. The Labute approximate surface area is 92.0 Å². The van der Waals surface area contributed by atoms with E-state index in [0.29, 0.717) is 0 Å². The van der Waals surface area contributed by atoms with Crippen molar-refractivity contribution >= 4 is 12.8 Å². The van der Waals surface area contributed by atoms with Gasteiger partial charge in [-0.2, -0.15) is 0 Å². The van der Waals surface area contributed by atoms with Crippen LogP contribution in [0.4, 0.5) is 0 Å². The lowest BCUT2D eigenvalue weighted by atomic mass is 9.91. The molecule has 0 spiro atoms. The van der Waals surface area contributed by atoms with Crippen molar-refractivity contribution in [1.29, 1.82) is 0 Å². The van der Waals surface area contributed by atoms with Gasteiger partial charge in [-0.25, -0.2) is 0 Å². The summed E-state index contributed by atoms with van der Waals surface area (Å²) in [7, 11) is -0.881. The van der Waals surface area contributed by atoms with E-state index in [-0.39, 0.29) is 0 Å². The Hall–Kier alpha value is -0.870. The number of aryl methyl sites for hydroxylation is 1. The molecule has 2 aliphatic rings. The minimum Gasteiger partial charge on any atom is -0.0620 e. The zero-order chi connectivity index (χ0) is 10.5. The summed E-state index contributed by atoms with van der Waals surface area (Å²) >= 11 is 0. The van der Waals surface area contributed by atoms with Crippen molar-refractivity contribution < 1.29 is 0 Å². The van der Waals surface area contributed by atoms with E-state index in [2.05, 4.69) is 49.5 Å². The van der Waals surface area contributed by atoms with Crippen LogP contribution in [-0.2, 0) is 6.42 Å². The van der Waals surface area contributed by atoms with Crippen LogP contribution in [0.1, 0.15) is 17.5 Å². The van der Waals surface area contributed by atoms with Gasteiger partial charge in [0.05, 0.1) is 31.7 Å². The third kappa shape index (κ3) is 1.32. The molecule has 0 N–H and O–H groups in total. The van der Waals surface area contributed by atoms with Crippen LogP contribution in [-0.4, -0.2) is 13.3 Å². The fourth-order valence-corrected chi connectivity index (χ4v) is 4.89. The summed E-state index contributed by atoms with van der Waals surface area (Å²) in [4.78, 5) is 0. The number of rotatable bonds is 0. The fraction of sp³-hybridized carbons (Fsp3) is 0.286. The van der Waals surface area contributed by atoms with Crippen LogP contribution in [0, 0.1) is 0 Å². The molecule has 1 heteroatoms. The third-order valence-electron chi connectivity index (χ3n) is 3.56. The molecule has 0 saturated heterocycles. The van der Waals surface area contributed by atoms with Crippen LogP contribution in [0.5, 0.6) is 0 Å². The molecule has 0 saturated carbocycles. The summed E-state index contributed by atoms with van der Waals surface area (Å²) in [5, 5.41) is 1.74. The van der Waals surface area contributed by atoms with Crippen LogP contribution in [0.3, 0.4) is 0 Å². The van der Waals surface area contributed by atoms with Gasteiger partial charge in [0.2, 0.25) is 0 Å². The normalized spacial score (nSPS) is 21.5. The van der Waals surface area contributed by atoms with Gasteiger partial charge in [0.15, 0.2) is 0 Å². The molecular weight excluding hydrogens is 199 g/mol. The molecule has 0 bridgehead atoms. The van der Waals surface area contributed by atoms with Gasteiger partial charge in [0.25, 0.3) is 0 Å². The van der Waals surface area contributed by atoms with Gasteiger partial charge >= 0.3 is 0 Å². The summed E-state index contributed by atoms with van der Waals surface area (Å²) in [5.74, 6) is 2.46. The maximum absolute atomic E-state index is 2.46. The first-order chi connectivity index (χ1) is 7.18. The van der Waals surface area contributed by atoms with E-state index in [1.165, 1.54) is 29.5 Å². The van der Waals surface area contributed by atoms with Crippen molar-refractivity contribution in [2.45, 2.75) is 12.8 Å². The molecule has 0 amide bonds. The molecular formula is C14H16P+. The molecule has 0 radical (unpaired) electrons. The molecule has 0 nitrogen and oxygen atoms in total. The smallest absolute Gasteiger partial charge is 0.0620 e. The molecule has 1 heterocycles. The first-order valence-corrected chi connectivity index (χ1v) is 8.29. The van der Waals surface area contributed by atoms with Crippen LogP contribution in [0.25, 0.3) is 5.57 Å². The SMILES string of the molecule is C[P+]1(C)C=CC2=C1CCc1ccccc12. The van der Waals surface area contributed by atoms with Crippen molar-refractivity contribution in [3.8, 4) is 0 Å². The Morgan fingerprint density at radius 2 is 1.87 bits per heavy atom. The number of allylic oxidation sites excluding steroid dienone is 3. The van der Waals surface area contributed by atoms with E-state index >= 15 is 0 Å². The van der Waals surface area contributed by atoms with Crippen molar-refractivity contribution in [2.75, 3.05) is 13.3 Å². The van der Waals surface area contributed by atoms with E-state index in [9.17, 15) is 0 Å². The molecule has 3 rings (SSSR count). The van der Waals surface area contributed by atoms with Gasteiger partial charge in [0.1, 0.15) is 0 Å². The summed E-state index contributed by atoms with van der Waals surface area (Å²) in [5.41, 5.74) is 4.55. The van der Waals surface area contributed by atoms with Gasteiger partial charge in [-0.05, 0) is 23.6 Å². The zero-order valence-corrected chi connectivity index (χ0v) is 10.2. The monoisotopic (exact) mass is 215 g/mol. The standard InChI is InChI=1S/C14H16P/c1-15(2)10-9-13-12-6-4-3-5-11(12)7-8-14(13)15/h3-6,9-10H,7-8H2,1-2H3/q+1. The van der Waals surface area contributed by atoms with Gasteiger partial charge < -0.3 is 0 Å². The van der Waals surface area contributed by atoms with Crippen molar-refractivity contribution in [2.24, 2.45) is 0 Å². The highest BCUT2D eigenvalue weighted by Gasteiger charge is 2.37. The summed E-state index contributed by atoms with van der Waals surface area (Å²) in [6.45, 7) is 4.86. The molecule has 0 atom stereocenters.